The molecule has 0 aliphatic heterocycles. The Balaban J connectivity index is 0.000000192. The van der Waals surface area contributed by atoms with Crippen LogP contribution in [0.25, 0.3) is 0 Å². The molecule has 0 aromatic heterocycles. The lowest BCUT2D eigenvalue weighted by Crippen LogP contribution is -2.54. The monoisotopic (exact) mass is 1700 g/mol. The summed E-state index contributed by atoms with van der Waals surface area (Å²) in [7, 11) is 0. The van der Waals surface area contributed by atoms with Crippen LogP contribution in [0.1, 0.15) is 385 Å². The Labute approximate surface area is 739 Å². The van der Waals surface area contributed by atoms with Crippen molar-refractivity contribution in [2.45, 2.75) is 430 Å². The number of fused-ring (bicyclic) bond motifs is 12. The first kappa shape index (κ1) is 103. The van der Waals surface area contributed by atoms with Crippen LogP contribution in [0.3, 0.4) is 0 Å². The summed E-state index contributed by atoms with van der Waals surface area (Å²) in [6, 6.07) is 0. The van der Waals surface area contributed by atoms with Crippen molar-refractivity contribution in [3.63, 3.8) is 0 Å². The SMILES string of the molecule is C=C(C)C(=O)OC1(C)C2(C)CCC(C2)C1(C)C.C=C(C)C(=O)OC1(C)CC2CCC1(C)C2(C)C.C=C(C)C(=O)OC1(C)CC2CCC1C2.C=C(C)C(=O)OC1(C)CCCCCC1.C=C(C)C(=O)OC1(C)CCCCCCC1.C=CC(=O)OC1(C)C2(C)CCC(C2)C1(C)C.C=CC(=O)OC1(C)CC2CCC1(C)C2(C)C.C=CC(=O)OC1(C)CC2CCC1C2. The first-order valence-electron chi connectivity index (χ1n) is 47.0. The van der Waals surface area contributed by atoms with Gasteiger partial charge in [-0.1, -0.05) is 168 Å². The second-order valence-electron chi connectivity index (χ2n) is 45.6. The Morgan fingerprint density at radius 3 is 0.836 bits per heavy atom. The van der Waals surface area contributed by atoms with Crippen LogP contribution in [0.2, 0.25) is 0 Å². The molecule has 18 atom stereocenters. The summed E-state index contributed by atoms with van der Waals surface area (Å²) in [4.78, 5) is 92.2. The fourth-order valence-electron chi connectivity index (χ4n) is 25.9. The molecule has 14 fully saturated rings. The quantitative estimate of drug-likeness (QED) is 0.0609. The van der Waals surface area contributed by atoms with Crippen molar-refractivity contribution in [3.05, 3.63) is 98.7 Å². The predicted molar refractivity (Wildman–Crippen MR) is 488 cm³/mol. The van der Waals surface area contributed by atoms with Crippen molar-refractivity contribution in [3.8, 4) is 0 Å². The summed E-state index contributed by atoms with van der Waals surface area (Å²) < 4.78 is 45.1. The van der Waals surface area contributed by atoms with Crippen LogP contribution in [0, 0.1) is 90.7 Å². The number of esters is 8. The Kier molecular flexibility index (Phi) is 32.3. The van der Waals surface area contributed by atoms with Gasteiger partial charge >= 0.3 is 47.8 Å². The van der Waals surface area contributed by atoms with Crippen molar-refractivity contribution in [1.82, 2.24) is 0 Å². The fraction of sp³-hybridized carbons (Fsp3) is 0.774. The van der Waals surface area contributed by atoms with E-state index in [1.807, 2.05) is 6.92 Å². The van der Waals surface area contributed by atoms with Gasteiger partial charge < -0.3 is 37.9 Å². The highest BCUT2D eigenvalue weighted by atomic mass is 16.6. The maximum absolute atomic E-state index is 11.9. The predicted octanol–water partition coefficient (Wildman–Crippen LogP) is 25.9. The van der Waals surface area contributed by atoms with E-state index >= 15 is 0 Å². The van der Waals surface area contributed by atoms with E-state index in [0.717, 1.165) is 76.0 Å². The molecule has 14 saturated carbocycles. The third kappa shape index (κ3) is 20.9. The van der Waals surface area contributed by atoms with Crippen molar-refractivity contribution in [1.29, 1.82) is 0 Å². The van der Waals surface area contributed by atoms with Crippen LogP contribution in [-0.2, 0) is 76.3 Å². The molecule has 0 amide bonds. The molecule has 18 unspecified atom stereocenters. The Bertz CT molecular complexity index is 3910. The second-order valence-corrected chi connectivity index (χ2v) is 45.6. The van der Waals surface area contributed by atoms with Gasteiger partial charge in [0.2, 0.25) is 0 Å². The zero-order chi connectivity index (χ0) is 92.2. The Morgan fingerprint density at radius 2 is 0.549 bits per heavy atom. The first-order chi connectivity index (χ1) is 56.0. The second kappa shape index (κ2) is 38.3. The van der Waals surface area contributed by atoms with Crippen LogP contribution in [0.15, 0.2) is 98.7 Å². The summed E-state index contributed by atoms with van der Waals surface area (Å²) >= 11 is 0. The minimum atomic E-state index is -0.362. The molecule has 16 nitrogen and oxygen atoms in total. The molecule has 122 heavy (non-hydrogen) atoms. The first-order valence-corrected chi connectivity index (χ1v) is 47.0. The Hall–Kier alpha value is -6.32. The van der Waals surface area contributed by atoms with Gasteiger partial charge in [-0.25, -0.2) is 38.4 Å². The summed E-state index contributed by atoms with van der Waals surface area (Å²) in [6.07, 6.45) is 42.6. The third-order valence-electron chi connectivity index (χ3n) is 36.4. The number of carbonyl (C=O) groups is 8. The number of rotatable bonds is 16. The topological polar surface area (TPSA) is 210 Å². The molecule has 0 heterocycles. The summed E-state index contributed by atoms with van der Waals surface area (Å²) in [6.45, 7) is 81.1. The van der Waals surface area contributed by atoms with Gasteiger partial charge in [0.25, 0.3) is 0 Å². The molecule has 0 radical (unpaired) electrons. The van der Waals surface area contributed by atoms with Crippen molar-refractivity contribution in [2.75, 3.05) is 0 Å². The van der Waals surface area contributed by atoms with E-state index in [9.17, 15) is 38.4 Å². The van der Waals surface area contributed by atoms with Crippen molar-refractivity contribution in [2.24, 2.45) is 90.7 Å². The van der Waals surface area contributed by atoms with Crippen LogP contribution in [0.5, 0.6) is 0 Å². The largest absolute Gasteiger partial charge is 0.456 e. The molecule has 688 valence electrons. The van der Waals surface area contributed by atoms with Crippen LogP contribution in [0.4, 0.5) is 0 Å². The summed E-state index contributed by atoms with van der Waals surface area (Å²) in [5.74, 6) is 3.48. The molecule has 14 rings (SSSR count). The maximum Gasteiger partial charge on any atom is 0.333 e. The van der Waals surface area contributed by atoms with E-state index in [-0.39, 0.29) is 136 Å². The van der Waals surface area contributed by atoms with Crippen molar-refractivity contribution >= 4 is 47.8 Å². The van der Waals surface area contributed by atoms with Gasteiger partial charge in [0, 0.05) is 78.6 Å². The molecule has 16 heteroatoms. The zero-order valence-corrected chi connectivity index (χ0v) is 81.4. The minimum absolute atomic E-state index is 0.0606. The molecular weight excluding hydrogens is 1530 g/mol. The molecule has 12 bridgehead atoms. The molecule has 0 aromatic rings. The molecule has 0 N–H and O–H groups in total. The lowest BCUT2D eigenvalue weighted by molar-refractivity contribution is -0.189. The van der Waals surface area contributed by atoms with Gasteiger partial charge in [0.05, 0.1) is 0 Å². The average Bonchev–Trinajstić information content (AvgIpc) is 1.55. The van der Waals surface area contributed by atoms with Gasteiger partial charge in [-0.2, -0.15) is 0 Å². The highest BCUT2D eigenvalue weighted by Gasteiger charge is 2.72. The van der Waals surface area contributed by atoms with E-state index < -0.39 is 0 Å². The van der Waals surface area contributed by atoms with E-state index in [0.29, 0.717) is 63.4 Å². The molecule has 0 saturated heterocycles. The normalized spacial score (nSPS) is 37.5. The van der Waals surface area contributed by atoms with Crippen LogP contribution in [-0.4, -0.2) is 92.6 Å². The molecular formula is C106H168O16. The fourth-order valence-corrected chi connectivity index (χ4v) is 25.9. The number of hydrogen-bond acceptors (Lipinski definition) is 16. The highest BCUT2D eigenvalue weighted by Crippen LogP contribution is 2.74. The van der Waals surface area contributed by atoms with Gasteiger partial charge in [0.1, 0.15) is 44.8 Å². The van der Waals surface area contributed by atoms with E-state index in [2.05, 4.69) is 184 Å². The van der Waals surface area contributed by atoms with Gasteiger partial charge in [-0.3, -0.25) is 0 Å². The standard InChI is InChI=1S/2C15H24O2.2C14H22O2.C13H22O2.C12H18O2.C12H20O2.C11H16O2/c1-10(2)12(16)17-15(6)9-11-7-8-14(15,5)13(11,3)4;1-10(2)12(16)17-15(6)13(3,4)11-7-8-14(15,5)9-11;1-6-11(15)16-14(5)9-10-7-8-13(14,4)12(10,2)3;1-6-11(15)16-14(5)12(2,3)10-7-8-13(14,4)9-10;1-11(2)12(14)15-13(3)9-7-5-4-6-8-10-13;1-8(2)11(13)14-12(3)7-9-4-5-10(12)6-9;1-10(2)11(13)14-12(3)8-6-4-5-7-9-12;1-3-10(12)13-11(2)7-8-4-5-9(11)6-8/h2*11H,1,7-9H2,2-6H3;2*6,10H,1,7-9H2,2-5H3;1,4-10H2,2-3H3;9-10H,1,4-7H2,2-3H3;1,4-9H2,2-3H3;3,8-9H,1,4-7H2,2H3. The van der Waals surface area contributed by atoms with Crippen LogP contribution >= 0.6 is 0 Å². The lowest BCUT2D eigenvalue weighted by atomic mass is 9.61. The van der Waals surface area contributed by atoms with Crippen LogP contribution < -0.4 is 0 Å². The van der Waals surface area contributed by atoms with Gasteiger partial charge in [0.15, 0.2) is 0 Å². The third-order valence-corrected chi connectivity index (χ3v) is 36.4. The molecule has 0 aromatic carbocycles. The van der Waals surface area contributed by atoms with E-state index in [1.54, 1.807) is 34.6 Å². The van der Waals surface area contributed by atoms with Crippen molar-refractivity contribution < 1.29 is 76.3 Å². The number of carbonyl (C=O) groups excluding carboxylic acids is 8. The average molecular weight is 1700 g/mol. The summed E-state index contributed by atoms with van der Waals surface area (Å²) in [5, 5.41) is 0. The van der Waals surface area contributed by atoms with Gasteiger partial charge in [-0.05, 0) is 328 Å². The lowest BCUT2D eigenvalue weighted by Gasteiger charge is -2.51. The summed E-state index contributed by atoms with van der Waals surface area (Å²) in [5.41, 5.74) is 1.38. The van der Waals surface area contributed by atoms with Gasteiger partial charge in [-0.15, -0.1) is 0 Å². The Morgan fingerprint density at radius 1 is 0.270 bits per heavy atom. The molecule has 14 aliphatic rings. The maximum atomic E-state index is 11.9. The minimum Gasteiger partial charge on any atom is -0.456 e. The zero-order valence-electron chi connectivity index (χ0n) is 81.4. The number of hydrogen-bond donors (Lipinski definition) is 0. The van der Waals surface area contributed by atoms with E-state index in [4.69, 9.17) is 37.9 Å². The number of ether oxygens (including phenoxy) is 8. The molecule has 0 spiro atoms. The molecule has 14 aliphatic carbocycles. The van der Waals surface area contributed by atoms with E-state index in [1.165, 1.54) is 166 Å². The highest BCUT2D eigenvalue weighted by molar-refractivity contribution is 5.89. The smallest absolute Gasteiger partial charge is 0.333 e.